The summed E-state index contributed by atoms with van der Waals surface area (Å²) in [7, 11) is 0.636. The topological polar surface area (TPSA) is 79.0 Å². The van der Waals surface area contributed by atoms with Gasteiger partial charge in [-0.25, -0.2) is 4.31 Å². The van der Waals surface area contributed by atoms with Crippen LogP contribution in [0.15, 0.2) is 54.6 Å². The van der Waals surface area contributed by atoms with E-state index in [4.69, 9.17) is 4.74 Å². The number of ether oxygens (including phenoxy) is 1. The summed E-state index contributed by atoms with van der Waals surface area (Å²) in [6.07, 6.45) is 0. The molecule has 0 radical (unpaired) electrons. The fourth-order valence-corrected chi connectivity index (χ4v) is 3.33. The molecule has 0 saturated heterocycles. The van der Waals surface area contributed by atoms with Gasteiger partial charge in [-0.15, -0.1) is 0 Å². The van der Waals surface area contributed by atoms with E-state index >= 15 is 0 Å². The molecule has 2 aromatic carbocycles. The average molecular weight is 377 g/mol. The van der Waals surface area contributed by atoms with Gasteiger partial charge in [-0.05, 0) is 29.8 Å². The molecule has 7 nitrogen and oxygen atoms in total. The van der Waals surface area contributed by atoms with Crippen molar-refractivity contribution in [3.63, 3.8) is 0 Å². The van der Waals surface area contributed by atoms with Gasteiger partial charge in [0, 0.05) is 20.6 Å². The summed E-state index contributed by atoms with van der Waals surface area (Å²) >= 11 is 0. The lowest BCUT2D eigenvalue weighted by Crippen LogP contribution is -2.45. The van der Waals surface area contributed by atoms with E-state index in [1.807, 2.05) is 24.3 Å². The summed E-state index contributed by atoms with van der Waals surface area (Å²) in [5.41, 5.74) is 1.29. The fraction of sp³-hybridized carbons (Fsp3) is 0.278. The van der Waals surface area contributed by atoms with Crippen molar-refractivity contribution < 1.29 is 17.9 Å². The standard InChI is InChI=1S/C18H23N3O4S/c1-20(2)26(23,24)21(16-9-5-4-6-10-16)14-18(22)19-13-15-8-7-11-17(12-15)25-3/h4-12H,13-14H2,1-3H3,(H,19,22). The third-order valence-corrected chi connectivity index (χ3v) is 5.51. The molecule has 0 atom stereocenters. The molecule has 26 heavy (non-hydrogen) atoms. The van der Waals surface area contributed by atoms with Crippen molar-refractivity contribution in [2.24, 2.45) is 0 Å². The fourth-order valence-electron chi connectivity index (χ4n) is 2.27. The first-order chi connectivity index (χ1) is 12.3. The minimum atomic E-state index is -3.79. The molecule has 0 heterocycles. The number of rotatable bonds is 8. The predicted molar refractivity (Wildman–Crippen MR) is 101 cm³/mol. The first-order valence-corrected chi connectivity index (χ1v) is 9.39. The summed E-state index contributed by atoms with van der Waals surface area (Å²) in [5.74, 6) is 0.292. The highest BCUT2D eigenvalue weighted by atomic mass is 32.2. The molecule has 0 aliphatic carbocycles. The number of hydrogen-bond acceptors (Lipinski definition) is 4. The number of carbonyl (C=O) groups excluding carboxylic acids is 1. The maximum atomic E-state index is 12.6. The zero-order valence-corrected chi connectivity index (χ0v) is 15.9. The minimum absolute atomic E-state index is 0.278. The summed E-state index contributed by atoms with van der Waals surface area (Å²) in [4.78, 5) is 12.4. The van der Waals surface area contributed by atoms with E-state index in [0.717, 1.165) is 14.2 Å². The Hall–Kier alpha value is -2.58. The summed E-state index contributed by atoms with van der Waals surface area (Å²) in [5, 5.41) is 2.74. The smallest absolute Gasteiger partial charge is 0.304 e. The van der Waals surface area contributed by atoms with Crippen molar-refractivity contribution in [2.45, 2.75) is 6.54 Å². The monoisotopic (exact) mass is 377 g/mol. The van der Waals surface area contributed by atoms with Crippen LogP contribution in [0.2, 0.25) is 0 Å². The zero-order chi connectivity index (χ0) is 19.2. The Balaban J connectivity index is 2.11. The normalized spacial score (nSPS) is 11.2. The summed E-state index contributed by atoms with van der Waals surface area (Å²) < 4.78 is 32.5. The maximum Gasteiger partial charge on any atom is 0.304 e. The maximum absolute atomic E-state index is 12.6. The largest absolute Gasteiger partial charge is 0.497 e. The Morgan fingerprint density at radius 3 is 2.38 bits per heavy atom. The third kappa shape index (κ3) is 4.96. The van der Waals surface area contributed by atoms with Gasteiger partial charge in [-0.2, -0.15) is 12.7 Å². The van der Waals surface area contributed by atoms with Crippen LogP contribution in [0, 0.1) is 0 Å². The Bertz CT molecular complexity index is 839. The third-order valence-electron chi connectivity index (χ3n) is 3.70. The number of methoxy groups -OCH3 is 1. The van der Waals surface area contributed by atoms with Gasteiger partial charge in [-0.3, -0.25) is 4.79 Å². The second-order valence-corrected chi connectivity index (χ2v) is 7.83. The number of carbonyl (C=O) groups is 1. The van der Waals surface area contributed by atoms with Crippen molar-refractivity contribution >= 4 is 21.8 Å². The van der Waals surface area contributed by atoms with Crippen LogP contribution in [0.3, 0.4) is 0 Å². The molecule has 0 aromatic heterocycles. The van der Waals surface area contributed by atoms with Crippen LogP contribution < -0.4 is 14.4 Å². The lowest BCUT2D eigenvalue weighted by molar-refractivity contribution is -0.119. The number of nitrogens with one attached hydrogen (secondary N) is 1. The number of amides is 1. The molecule has 8 heteroatoms. The van der Waals surface area contributed by atoms with E-state index in [-0.39, 0.29) is 13.1 Å². The van der Waals surface area contributed by atoms with Gasteiger partial charge in [-0.1, -0.05) is 30.3 Å². The Kier molecular flexibility index (Phi) is 6.59. The number of anilines is 1. The van der Waals surface area contributed by atoms with Crippen LogP contribution in [-0.4, -0.2) is 46.4 Å². The molecule has 0 unspecified atom stereocenters. The molecule has 0 aliphatic rings. The van der Waals surface area contributed by atoms with Crippen molar-refractivity contribution in [3.8, 4) is 5.75 Å². The lowest BCUT2D eigenvalue weighted by Gasteiger charge is -2.26. The highest BCUT2D eigenvalue weighted by Gasteiger charge is 2.26. The minimum Gasteiger partial charge on any atom is -0.497 e. The van der Waals surface area contributed by atoms with Crippen molar-refractivity contribution in [2.75, 3.05) is 32.1 Å². The molecule has 1 N–H and O–H groups in total. The van der Waals surface area contributed by atoms with Crippen molar-refractivity contribution in [3.05, 3.63) is 60.2 Å². The number of benzene rings is 2. The van der Waals surface area contributed by atoms with E-state index in [1.165, 1.54) is 14.1 Å². The number of nitrogens with zero attached hydrogens (tertiary/aromatic N) is 2. The first-order valence-electron chi connectivity index (χ1n) is 7.99. The Morgan fingerprint density at radius 2 is 1.77 bits per heavy atom. The van der Waals surface area contributed by atoms with E-state index < -0.39 is 16.1 Å². The number of hydrogen-bond donors (Lipinski definition) is 1. The van der Waals surface area contributed by atoms with E-state index in [9.17, 15) is 13.2 Å². The Morgan fingerprint density at radius 1 is 1.08 bits per heavy atom. The SMILES string of the molecule is COc1cccc(CNC(=O)CN(c2ccccc2)S(=O)(=O)N(C)C)c1. The molecule has 2 rings (SSSR count). The highest BCUT2D eigenvalue weighted by molar-refractivity contribution is 7.90. The van der Waals surface area contributed by atoms with Crippen LogP contribution in [0.1, 0.15) is 5.56 Å². The number of para-hydroxylation sites is 1. The molecule has 2 aromatic rings. The second kappa shape index (κ2) is 8.68. The van der Waals surface area contributed by atoms with Gasteiger partial charge in [0.1, 0.15) is 12.3 Å². The molecule has 0 bridgehead atoms. The van der Waals surface area contributed by atoms with Crippen LogP contribution >= 0.6 is 0 Å². The van der Waals surface area contributed by atoms with Crippen LogP contribution in [0.5, 0.6) is 5.75 Å². The van der Waals surface area contributed by atoms with E-state index in [2.05, 4.69) is 5.32 Å². The molecule has 0 saturated carbocycles. The predicted octanol–water partition coefficient (Wildman–Crippen LogP) is 1.62. The van der Waals surface area contributed by atoms with Crippen LogP contribution in [-0.2, 0) is 21.5 Å². The van der Waals surface area contributed by atoms with Gasteiger partial charge in [0.2, 0.25) is 5.91 Å². The average Bonchev–Trinajstić information content (AvgIpc) is 2.65. The first kappa shape index (κ1) is 19.7. The van der Waals surface area contributed by atoms with Crippen LogP contribution in [0.4, 0.5) is 5.69 Å². The molecule has 0 spiro atoms. The molecular formula is C18H23N3O4S. The summed E-state index contributed by atoms with van der Waals surface area (Å²) in [6.45, 7) is -0.0326. The van der Waals surface area contributed by atoms with Crippen LogP contribution in [0.25, 0.3) is 0 Å². The second-order valence-electron chi connectivity index (χ2n) is 5.76. The molecule has 140 valence electrons. The van der Waals surface area contributed by atoms with Crippen molar-refractivity contribution in [1.82, 2.24) is 9.62 Å². The lowest BCUT2D eigenvalue weighted by atomic mass is 10.2. The van der Waals surface area contributed by atoms with Gasteiger partial charge >= 0.3 is 10.2 Å². The van der Waals surface area contributed by atoms with Gasteiger partial charge < -0.3 is 10.1 Å². The van der Waals surface area contributed by atoms with E-state index in [1.54, 1.807) is 37.4 Å². The van der Waals surface area contributed by atoms with E-state index in [0.29, 0.717) is 11.4 Å². The van der Waals surface area contributed by atoms with Gasteiger partial charge in [0.05, 0.1) is 12.8 Å². The highest BCUT2D eigenvalue weighted by Crippen LogP contribution is 2.18. The quantitative estimate of drug-likeness (QED) is 0.758. The molecule has 1 amide bonds. The zero-order valence-electron chi connectivity index (χ0n) is 15.0. The van der Waals surface area contributed by atoms with Crippen molar-refractivity contribution in [1.29, 1.82) is 0 Å². The molecule has 0 fully saturated rings. The Labute approximate surface area is 154 Å². The van der Waals surface area contributed by atoms with Gasteiger partial charge in [0.25, 0.3) is 0 Å². The summed E-state index contributed by atoms with van der Waals surface area (Å²) in [6, 6.07) is 15.8. The van der Waals surface area contributed by atoms with Gasteiger partial charge in [0.15, 0.2) is 0 Å². The molecule has 0 aliphatic heterocycles. The molecular weight excluding hydrogens is 354 g/mol.